The summed E-state index contributed by atoms with van der Waals surface area (Å²) < 4.78 is 14.8. The van der Waals surface area contributed by atoms with Crippen LogP contribution in [0, 0.1) is 111 Å². The van der Waals surface area contributed by atoms with Gasteiger partial charge in [-0.2, -0.15) is 50.3 Å². The highest BCUT2D eigenvalue weighted by Gasteiger charge is 2.13. The molecule has 0 fully saturated rings. The van der Waals surface area contributed by atoms with E-state index in [1.807, 2.05) is 168 Å². The number of methoxy groups -OCH3 is 1. The molecule has 0 aliphatic heterocycles. The largest absolute Gasteiger partial charge is 0.481 e. The Morgan fingerprint density at radius 1 is 0.527 bits per heavy atom. The molecule has 4 N–H and O–H groups in total. The van der Waals surface area contributed by atoms with Crippen LogP contribution in [-0.2, 0) is 48.1 Å². The lowest BCUT2D eigenvalue weighted by molar-refractivity contribution is 0.397. The van der Waals surface area contributed by atoms with E-state index in [0.717, 1.165) is 61.7 Å². The molecular weight excluding hydrogens is 1440 g/mol. The summed E-state index contributed by atoms with van der Waals surface area (Å²) in [6.45, 7) is 31.3. The van der Waals surface area contributed by atoms with E-state index in [-0.39, 0.29) is 0 Å². The Bertz CT molecular complexity index is 4830. The maximum atomic E-state index is 5.37. The van der Waals surface area contributed by atoms with Crippen molar-refractivity contribution in [3.8, 4) is 5.88 Å². The second kappa shape index (κ2) is 49.0. The lowest BCUT2D eigenvalue weighted by Crippen LogP contribution is -2.00. The van der Waals surface area contributed by atoms with Gasteiger partial charge in [0.15, 0.2) is 17.5 Å². The van der Waals surface area contributed by atoms with E-state index in [0.29, 0.717) is 23.4 Å². The van der Waals surface area contributed by atoms with Gasteiger partial charge in [0.05, 0.1) is 71.6 Å². The van der Waals surface area contributed by atoms with Crippen LogP contribution in [0.1, 0.15) is 115 Å². The highest BCUT2D eigenvalue weighted by Crippen LogP contribution is 2.22. The van der Waals surface area contributed by atoms with Gasteiger partial charge in [-0.1, -0.05) is 65.0 Å². The highest BCUT2D eigenvalue weighted by molar-refractivity contribution is 7.18. The number of hydrogen-bond donors (Lipinski definition) is 4. The molecule has 17 aromatic rings. The number of benzene rings is 3. The van der Waals surface area contributed by atoms with E-state index in [1.165, 1.54) is 94.7 Å². The van der Waals surface area contributed by atoms with E-state index in [1.54, 1.807) is 108 Å². The number of thiazole rings is 1. The molecular formula is C77H104N32O2S. The van der Waals surface area contributed by atoms with Crippen molar-refractivity contribution in [1.29, 1.82) is 0 Å². The van der Waals surface area contributed by atoms with Gasteiger partial charge in [-0.3, -0.25) is 19.7 Å². The molecule has 14 heterocycles. The van der Waals surface area contributed by atoms with Gasteiger partial charge in [0, 0.05) is 91.6 Å². The Kier molecular flexibility index (Phi) is 39.1. The SMILES string of the molecule is COc1ccc(C)cn1.Cc1[nH]nc2c1CCCC2.Cc1c[nH]c2ccccc12.Cc1cc(C)nc(C)c1.Cc1cc2ccccc2o1.Cc1ccncc1.Cc1cn(C)nn1.Cc1cn[nH]n1.Cc1cnn(C)n1.Cc1nc2ccccc2s1.Cc1nn[nH]n1.Cc1nnn(C)n1.Cc1nnn(C)n1.Cc1nnnn1C. The van der Waals surface area contributed by atoms with Crippen molar-refractivity contribution in [3.05, 3.63) is 260 Å². The molecule has 0 amide bonds. The van der Waals surface area contributed by atoms with Crippen LogP contribution in [0.2, 0.25) is 0 Å². The first-order valence-electron chi connectivity index (χ1n) is 35.5. The van der Waals surface area contributed by atoms with Gasteiger partial charge in [-0.15, -0.1) is 52.1 Å². The van der Waals surface area contributed by atoms with Crippen molar-refractivity contribution in [1.82, 2.24) is 162 Å². The minimum absolute atomic E-state index is 0.667. The average Bonchev–Trinajstić information content (AvgIpc) is 1.73. The number of H-pyrrole nitrogens is 4. The lowest BCUT2D eigenvalue weighted by Gasteiger charge is -2.08. The van der Waals surface area contributed by atoms with Crippen LogP contribution in [0.25, 0.3) is 32.1 Å². The second-order valence-electron chi connectivity index (χ2n) is 25.0. The molecule has 1 aliphatic carbocycles. The zero-order valence-corrected chi connectivity index (χ0v) is 68.9. The Hall–Kier alpha value is -13.2. The lowest BCUT2D eigenvalue weighted by atomic mass is 9.96. The predicted molar refractivity (Wildman–Crippen MR) is 433 cm³/mol. The smallest absolute Gasteiger partial charge is 0.212 e. The number of ether oxygens (including phenoxy) is 1. The third-order valence-electron chi connectivity index (χ3n) is 14.6. The van der Waals surface area contributed by atoms with Crippen molar-refractivity contribution >= 4 is 43.4 Å². The van der Waals surface area contributed by atoms with E-state index in [9.17, 15) is 0 Å². The number of aromatic amines is 4. The van der Waals surface area contributed by atoms with Gasteiger partial charge >= 0.3 is 0 Å². The number of tetrazole rings is 4. The summed E-state index contributed by atoms with van der Waals surface area (Å²) in [6, 6.07) is 38.5. The monoisotopic (exact) mass is 1540 g/mol. The molecule has 0 bridgehead atoms. The minimum atomic E-state index is 0.667. The molecule has 0 saturated heterocycles. The Labute approximate surface area is 656 Å². The third-order valence-corrected chi connectivity index (χ3v) is 15.6. The Balaban J connectivity index is 0.000000216. The fraction of sp³-hybridized carbons (Fsp3) is 0.338. The number of hydrogen-bond acceptors (Lipinski definition) is 26. The normalized spacial score (nSPS) is 10.3. The summed E-state index contributed by atoms with van der Waals surface area (Å²) in [5, 5.41) is 81.0. The Morgan fingerprint density at radius 3 is 1.62 bits per heavy atom. The second-order valence-corrected chi connectivity index (χ2v) is 26.2. The number of furan rings is 1. The molecule has 14 aromatic heterocycles. The van der Waals surface area contributed by atoms with Crippen LogP contribution in [0.5, 0.6) is 5.88 Å². The summed E-state index contributed by atoms with van der Waals surface area (Å²) >= 11 is 1.74. The van der Waals surface area contributed by atoms with Gasteiger partial charge in [0.2, 0.25) is 5.88 Å². The summed E-state index contributed by atoms with van der Waals surface area (Å²) in [6.07, 6.45) is 17.7. The van der Waals surface area contributed by atoms with Crippen molar-refractivity contribution in [2.75, 3.05) is 7.11 Å². The fourth-order valence-corrected chi connectivity index (χ4v) is 10.2. The predicted octanol–water partition coefficient (Wildman–Crippen LogP) is 12.6. The third kappa shape index (κ3) is 36.1. The quantitative estimate of drug-likeness (QED) is 0.119. The van der Waals surface area contributed by atoms with E-state index in [4.69, 9.17) is 9.15 Å². The zero-order valence-electron chi connectivity index (χ0n) is 68.1. The summed E-state index contributed by atoms with van der Waals surface area (Å²) in [5.74, 6) is 4.57. The number of fused-ring (bicyclic) bond motifs is 4. The number of nitrogens with zero attached hydrogens (tertiary/aromatic N) is 28. The van der Waals surface area contributed by atoms with E-state index in [2.05, 4.69) is 195 Å². The van der Waals surface area contributed by atoms with Gasteiger partial charge < -0.3 is 14.1 Å². The molecule has 34 nitrogen and oxygen atoms in total. The first kappa shape index (κ1) is 89.4. The molecule has 1 aliphatic rings. The van der Waals surface area contributed by atoms with Gasteiger partial charge in [-0.25, -0.2) is 14.6 Å². The number of nitrogens with one attached hydrogen (secondary N) is 4. The molecule has 0 unspecified atom stereocenters. The molecule has 35 heteroatoms. The van der Waals surface area contributed by atoms with Crippen LogP contribution in [0.15, 0.2) is 163 Å². The fourth-order valence-electron chi connectivity index (χ4n) is 9.41. The number of aryl methyl sites for hydroxylation is 22. The van der Waals surface area contributed by atoms with Gasteiger partial charge in [0.1, 0.15) is 17.2 Å². The molecule has 0 atom stereocenters. The standard InChI is InChI=1S/C9H9N.C9H8O.C8H12N2.C8H7NS.C8H11N.C7H9NO.C6H7N.2C4H7N3.3C3H6N4.C3H5N3.C2H4N4/c1-7-6-10-9-5-3-2-4-8(7)9;1-7-6-8-4-2-3-5-9(8)10-7;1-6-7-4-2-3-5-8(7)10-9-6;1-6-9-7-4-2-3-5-8(7)10-6;1-6-4-7(2)9-8(3)5-6;1-6-3-4-7(9-2)8-5-6;1-6-2-4-7-5-3-6;1-4-3-7(2)6-5-4;1-4-3-5-7(2)6-4;1-3-4-5-6-7(3)2;2*1-3-4-6-7(2)5-3;1-3-2-4-6-5-3;1-2-3-5-6-4-2/h2-6,10H,1H3;2-6H,1H3;2-5H2,1H3,(H,9,10);2-5H,1H3;4-5H,1-3H3;3-5H,1-2H3;2-5H,1H3;2*3H,1-2H3;3*1-2H3;2H,1H3,(H,4,5,6);1H3,(H,3,4,5,6). The molecule has 18 rings (SSSR count). The first-order chi connectivity index (χ1) is 53.6. The van der Waals surface area contributed by atoms with Crippen molar-refractivity contribution < 1.29 is 9.15 Å². The van der Waals surface area contributed by atoms with Gasteiger partial charge in [0.25, 0.3) is 0 Å². The average molecular weight is 1540 g/mol. The van der Waals surface area contributed by atoms with Crippen molar-refractivity contribution in [2.24, 2.45) is 35.2 Å². The number of pyridine rings is 3. The molecule has 112 heavy (non-hydrogen) atoms. The van der Waals surface area contributed by atoms with Gasteiger partial charge in [-0.05, 0) is 240 Å². The Morgan fingerprint density at radius 2 is 1.20 bits per heavy atom. The molecule has 0 radical (unpaired) electrons. The molecule has 0 spiro atoms. The van der Waals surface area contributed by atoms with Crippen LogP contribution in [-0.4, -0.2) is 169 Å². The summed E-state index contributed by atoms with van der Waals surface area (Å²) in [7, 11) is 10.5. The van der Waals surface area contributed by atoms with Crippen molar-refractivity contribution in [3.63, 3.8) is 0 Å². The molecule has 590 valence electrons. The van der Waals surface area contributed by atoms with Crippen LogP contribution < -0.4 is 4.74 Å². The first-order valence-corrected chi connectivity index (χ1v) is 36.3. The number of rotatable bonds is 1. The summed E-state index contributed by atoms with van der Waals surface area (Å²) in [5.41, 5.74) is 17.4. The number of aromatic nitrogens is 32. The molecule has 3 aromatic carbocycles. The summed E-state index contributed by atoms with van der Waals surface area (Å²) in [4.78, 5) is 24.0. The van der Waals surface area contributed by atoms with E-state index < -0.39 is 0 Å². The van der Waals surface area contributed by atoms with Crippen LogP contribution >= 0.6 is 11.3 Å². The number of para-hydroxylation sites is 3. The van der Waals surface area contributed by atoms with Crippen molar-refractivity contribution in [2.45, 2.75) is 136 Å². The van der Waals surface area contributed by atoms with E-state index >= 15 is 0 Å². The topological polar surface area (TPSA) is 407 Å². The maximum absolute atomic E-state index is 5.37. The van der Waals surface area contributed by atoms with Crippen LogP contribution in [0.3, 0.4) is 0 Å². The zero-order chi connectivity index (χ0) is 81.7. The minimum Gasteiger partial charge on any atom is -0.481 e. The van der Waals surface area contributed by atoms with Crippen LogP contribution in [0.4, 0.5) is 0 Å². The molecule has 0 saturated carbocycles. The highest BCUT2D eigenvalue weighted by atomic mass is 32.1. The maximum Gasteiger partial charge on any atom is 0.212 e.